The number of likely N-dealkylation sites (tertiary alicyclic amines) is 1. The number of ketones is 1. The lowest BCUT2D eigenvalue weighted by molar-refractivity contribution is -0.145. The number of rotatable bonds is 7. The number of amides is 2. The van der Waals surface area contributed by atoms with Crippen LogP contribution in [0.25, 0.3) is 0 Å². The quantitative estimate of drug-likeness (QED) is 0.404. The average Bonchev–Trinajstić information content (AvgIpc) is 3.39. The fraction of sp³-hybridized carbons (Fsp3) is 0.524. The van der Waals surface area contributed by atoms with Crippen molar-refractivity contribution in [3.8, 4) is 5.75 Å². The number of hydrogen-bond donors (Lipinski definition) is 0. The van der Waals surface area contributed by atoms with Crippen LogP contribution in [0.1, 0.15) is 36.0 Å². The summed E-state index contributed by atoms with van der Waals surface area (Å²) in [6, 6.07) is 6.51. The van der Waals surface area contributed by atoms with Crippen LogP contribution >= 0.6 is 0 Å². The summed E-state index contributed by atoms with van der Waals surface area (Å²) in [6.45, 7) is -0.345. The number of methoxy groups -OCH3 is 1. The van der Waals surface area contributed by atoms with Gasteiger partial charge in [0.05, 0.1) is 25.4 Å². The molecule has 4 rings (SSSR count). The molecule has 0 aromatic heterocycles. The number of carbonyl (C=O) groups excluding carboxylic acids is 4. The molecule has 3 aliphatic rings. The van der Waals surface area contributed by atoms with Gasteiger partial charge in [-0.25, -0.2) is 0 Å². The van der Waals surface area contributed by atoms with Crippen molar-refractivity contribution >= 4 is 23.6 Å². The fourth-order valence-corrected chi connectivity index (χ4v) is 4.97. The first-order valence-corrected chi connectivity index (χ1v) is 9.67. The van der Waals surface area contributed by atoms with Crippen LogP contribution < -0.4 is 4.74 Å². The third-order valence-corrected chi connectivity index (χ3v) is 6.33. The molecule has 0 spiro atoms. The van der Waals surface area contributed by atoms with E-state index in [-0.39, 0.29) is 49.0 Å². The average molecular weight is 385 g/mol. The van der Waals surface area contributed by atoms with Gasteiger partial charge >= 0.3 is 5.97 Å². The Hall–Kier alpha value is -2.70. The molecule has 148 valence electrons. The highest BCUT2D eigenvalue weighted by atomic mass is 16.5. The molecule has 1 aromatic rings. The predicted molar refractivity (Wildman–Crippen MR) is 97.4 cm³/mol. The van der Waals surface area contributed by atoms with E-state index in [1.54, 1.807) is 24.3 Å². The van der Waals surface area contributed by atoms with Gasteiger partial charge in [-0.3, -0.25) is 24.1 Å². The number of ether oxygens (including phenoxy) is 2. The standard InChI is InChI=1S/C21H23NO6/c1-27-15-6-4-12(5-7-15)16(23)11-28-17(24)8-9-22-20(25)18-13-2-3-14(10-13)19(18)21(22)26/h4-7,13-14,18-19H,2-3,8-11H2,1H3/t13-,14+,18-,19-/m0/s1. The third-order valence-electron chi connectivity index (χ3n) is 6.33. The van der Waals surface area contributed by atoms with E-state index in [2.05, 4.69) is 0 Å². The van der Waals surface area contributed by atoms with E-state index in [9.17, 15) is 19.2 Å². The summed E-state index contributed by atoms with van der Waals surface area (Å²) in [5.41, 5.74) is 0.418. The summed E-state index contributed by atoms with van der Waals surface area (Å²) in [6.07, 6.45) is 2.93. The van der Waals surface area contributed by atoms with E-state index in [1.165, 1.54) is 12.0 Å². The minimum atomic E-state index is -0.595. The topological polar surface area (TPSA) is 90.0 Å². The number of carbonyl (C=O) groups is 4. The van der Waals surface area contributed by atoms with E-state index in [1.807, 2.05) is 0 Å². The van der Waals surface area contributed by atoms with Gasteiger partial charge in [-0.2, -0.15) is 0 Å². The summed E-state index contributed by atoms with van der Waals surface area (Å²) in [7, 11) is 1.53. The summed E-state index contributed by atoms with van der Waals surface area (Å²) in [5, 5.41) is 0. The summed E-state index contributed by atoms with van der Waals surface area (Å²) < 4.78 is 10.1. The van der Waals surface area contributed by atoms with Crippen LogP contribution in [0.15, 0.2) is 24.3 Å². The van der Waals surface area contributed by atoms with Gasteiger partial charge in [0.2, 0.25) is 11.8 Å². The molecular weight excluding hydrogens is 362 g/mol. The summed E-state index contributed by atoms with van der Waals surface area (Å²) in [4.78, 5) is 50.5. The number of fused-ring (bicyclic) bond motifs is 5. The Morgan fingerprint density at radius 3 is 2.21 bits per heavy atom. The fourth-order valence-electron chi connectivity index (χ4n) is 4.97. The molecule has 7 nitrogen and oxygen atoms in total. The molecule has 1 aliphatic heterocycles. The molecule has 1 saturated heterocycles. The molecule has 2 saturated carbocycles. The molecule has 1 heterocycles. The zero-order chi connectivity index (χ0) is 19.8. The van der Waals surface area contributed by atoms with Crippen LogP contribution in [0.4, 0.5) is 0 Å². The van der Waals surface area contributed by atoms with Crippen molar-refractivity contribution in [2.24, 2.45) is 23.7 Å². The Morgan fingerprint density at radius 2 is 1.64 bits per heavy atom. The number of imide groups is 1. The predicted octanol–water partition coefficient (Wildman–Crippen LogP) is 1.84. The van der Waals surface area contributed by atoms with Crippen LogP contribution in [0.5, 0.6) is 5.75 Å². The van der Waals surface area contributed by atoms with Crippen LogP contribution in [-0.2, 0) is 19.1 Å². The number of benzene rings is 1. The number of hydrogen-bond acceptors (Lipinski definition) is 6. The zero-order valence-electron chi connectivity index (χ0n) is 15.8. The van der Waals surface area contributed by atoms with Gasteiger partial charge < -0.3 is 9.47 Å². The highest BCUT2D eigenvalue weighted by Gasteiger charge is 2.60. The van der Waals surface area contributed by atoms with Gasteiger partial charge in [0.15, 0.2) is 12.4 Å². The number of nitrogens with zero attached hydrogens (tertiary/aromatic N) is 1. The normalized spacial score (nSPS) is 27.8. The number of esters is 1. The molecule has 3 fully saturated rings. The second kappa shape index (κ2) is 7.37. The van der Waals surface area contributed by atoms with Crippen molar-refractivity contribution in [1.82, 2.24) is 4.90 Å². The molecule has 2 amide bonds. The van der Waals surface area contributed by atoms with E-state index in [0.717, 1.165) is 19.3 Å². The molecule has 0 unspecified atom stereocenters. The second-order valence-corrected chi connectivity index (χ2v) is 7.78. The maximum absolute atomic E-state index is 12.6. The first-order chi connectivity index (χ1) is 13.5. The smallest absolute Gasteiger partial charge is 0.308 e. The van der Waals surface area contributed by atoms with Gasteiger partial charge in [0.1, 0.15) is 5.75 Å². The third kappa shape index (κ3) is 3.19. The first-order valence-electron chi connectivity index (χ1n) is 9.67. The van der Waals surface area contributed by atoms with E-state index < -0.39 is 5.97 Å². The Labute approximate surface area is 163 Å². The number of Topliss-reactive ketones (excluding diaryl/α,β-unsaturated/α-hetero) is 1. The Bertz CT molecular complexity index is 789. The summed E-state index contributed by atoms with van der Waals surface area (Å²) >= 11 is 0. The second-order valence-electron chi connectivity index (χ2n) is 7.78. The lowest BCUT2D eigenvalue weighted by Gasteiger charge is -2.19. The van der Waals surface area contributed by atoms with Gasteiger partial charge in [-0.1, -0.05) is 0 Å². The Morgan fingerprint density at radius 1 is 1.04 bits per heavy atom. The SMILES string of the molecule is COc1ccc(C(=O)COC(=O)CCN2C(=O)[C@H]3[C@@H]4CC[C@@H](C4)[C@@H]3C2=O)cc1. The van der Waals surface area contributed by atoms with E-state index >= 15 is 0 Å². The van der Waals surface area contributed by atoms with E-state index in [0.29, 0.717) is 23.1 Å². The monoisotopic (exact) mass is 385 g/mol. The molecule has 4 atom stereocenters. The molecule has 0 radical (unpaired) electrons. The summed E-state index contributed by atoms with van der Waals surface area (Å²) in [5.74, 6) is -0.271. The minimum absolute atomic E-state index is 0.0274. The maximum Gasteiger partial charge on any atom is 0.308 e. The van der Waals surface area contributed by atoms with Crippen molar-refractivity contribution in [2.75, 3.05) is 20.3 Å². The van der Waals surface area contributed by atoms with Crippen molar-refractivity contribution < 1.29 is 28.7 Å². The van der Waals surface area contributed by atoms with Gasteiger partial charge in [-0.15, -0.1) is 0 Å². The maximum atomic E-state index is 12.6. The molecule has 2 bridgehead atoms. The molecule has 28 heavy (non-hydrogen) atoms. The molecular formula is C21H23NO6. The molecule has 7 heteroatoms. The van der Waals surface area contributed by atoms with Crippen LogP contribution in [0, 0.1) is 23.7 Å². The van der Waals surface area contributed by atoms with Crippen molar-refractivity contribution in [3.05, 3.63) is 29.8 Å². The largest absolute Gasteiger partial charge is 0.497 e. The van der Waals surface area contributed by atoms with Gasteiger partial charge in [0.25, 0.3) is 0 Å². The van der Waals surface area contributed by atoms with Crippen LogP contribution in [-0.4, -0.2) is 48.7 Å². The Kier molecular flexibility index (Phi) is 4.91. The van der Waals surface area contributed by atoms with E-state index in [4.69, 9.17) is 9.47 Å². The van der Waals surface area contributed by atoms with Crippen molar-refractivity contribution in [2.45, 2.75) is 25.7 Å². The van der Waals surface area contributed by atoms with Crippen LogP contribution in [0.2, 0.25) is 0 Å². The zero-order valence-corrected chi connectivity index (χ0v) is 15.8. The van der Waals surface area contributed by atoms with Gasteiger partial charge in [0, 0.05) is 12.1 Å². The molecule has 0 N–H and O–H groups in total. The highest BCUT2D eigenvalue weighted by molar-refractivity contribution is 6.06. The lowest BCUT2D eigenvalue weighted by atomic mass is 9.81. The molecule has 1 aromatic carbocycles. The van der Waals surface area contributed by atoms with Gasteiger partial charge in [-0.05, 0) is 55.4 Å². The van der Waals surface area contributed by atoms with Crippen molar-refractivity contribution in [1.29, 1.82) is 0 Å². The van der Waals surface area contributed by atoms with Crippen LogP contribution in [0.3, 0.4) is 0 Å². The first kappa shape index (κ1) is 18.7. The lowest BCUT2D eigenvalue weighted by Crippen LogP contribution is -2.35. The highest BCUT2D eigenvalue weighted by Crippen LogP contribution is 2.56. The molecule has 2 aliphatic carbocycles. The van der Waals surface area contributed by atoms with Crippen molar-refractivity contribution in [3.63, 3.8) is 0 Å². The minimum Gasteiger partial charge on any atom is -0.497 e. The Balaban J connectivity index is 1.26.